The zero-order chi connectivity index (χ0) is 23.2. The Morgan fingerprint density at radius 1 is 0.970 bits per heavy atom. The van der Waals surface area contributed by atoms with Gasteiger partial charge in [-0.3, -0.25) is 0 Å². The molecule has 0 atom stereocenters. The van der Waals surface area contributed by atoms with Crippen molar-refractivity contribution in [1.82, 2.24) is 10.3 Å². The molecule has 0 unspecified atom stereocenters. The molecule has 176 valence electrons. The van der Waals surface area contributed by atoms with E-state index in [0.29, 0.717) is 18.7 Å². The number of nitrogens with zero attached hydrogens (tertiary/aromatic N) is 2. The van der Waals surface area contributed by atoms with Gasteiger partial charge in [0.2, 0.25) is 0 Å². The summed E-state index contributed by atoms with van der Waals surface area (Å²) in [6, 6.07) is 17.7. The normalized spacial score (nSPS) is 18.2. The second-order valence-electron chi connectivity index (χ2n) is 8.93. The largest absolute Gasteiger partial charge is 0.493 e. The molecule has 2 aromatic carbocycles. The Balaban J connectivity index is 1.32. The summed E-state index contributed by atoms with van der Waals surface area (Å²) in [5.74, 6) is 2.56. The maximum Gasteiger partial charge on any atom is 0.161 e. The van der Waals surface area contributed by atoms with Crippen LogP contribution in [0.2, 0.25) is 0 Å². The second kappa shape index (κ2) is 10.8. The third kappa shape index (κ3) is 5.69. The molecule has 1 aliphatic rings. The van der Waals surface area contributed by atoms with E-state index >= 15 is 0 Å². The van der Waals surface area contributed by atoms with Crippen molar-refractivity contribution in [1.29, 1.82) is 0 Å². The van der Waals surface area contributed by atoms with Gasteiger partial charge >= 0.3 is 0 Å². The minimum absolute atomic E-state index is 0.456. The summed E-state index contributed by atoms with van der Waals surface area (Å²) in [5.41, 5.74) is 3.45. The molecule has 0 bridgehead atoms. The standard InChI is InChI=1S/C27H36N4O2/c1-5-33-26-16-19(10-15-25(26)32-4)18-28-20-11-13-21(14-12-20)29-27-17-24(31(2)3)22-8-6-7-9-23(22)30-27/h6-10,15-17,20-21,28H,5,11-14,18H2,1-4H3,(H,29,30)/t20-,21+. The summed E-state index contributed by atoms with van der Waals surface area (Å²) in [7, 11) is 5.85. The third-order valence-electron chi connectivity index (χ3n) is 6.38. The van der Waals surface area contributed by atoms with Crippen LogP contribution in [-0.4, -0.2) is 44.9 Å². The number of methoxy groups -OCH3 is 1. The lowest BCUT2D eigenvalue weighted by Crippen LogP contribution is -2.36. The topological polar surface area (TPSA) is 58.7 Å². The van der Waals surface area contributed by atoms with E-state index in [-0.39, 0.29) is 0 Å². The first-order chi connectivity index (χ1) is 16.1. The molecule has 0 amide bonds. The van der Waals surface area contributed by atoms with Crippen molar-refractivity contribution in [3.63, 3.8) is 0 Å². The predicted octanol–water partition coefficient (Wildman–Crippen LogP) is 5.22. The van der Waals surface area contributed by atoms with Crippen LogP contribution in [0.4, 0.5) is 11.5 Å². The number of aromatic nitrogens is 1. The number of fused-ring (bicyclic) bond motifs is 1. The third-order valence-corrected chi connectivity index (χ3v) is 6.38. The SMILES string of the molecule is CCOc1cc(CN[C@H]2CC[C@@H](Nc3cc(N(C)C)c4ccccc4n3)CC2)ccc1OC. The smallest absolute Gasteiger partial charge is 0.161 e. The van der Waals surface area contributed by atoms with Gasteiger partial charge in [0.1, 0.15) is 5.82 Å². The average Bonchev–Trinajstić information content (AvgIpc) is 2.83. The molecular weight excluding hydrogens is 412 g/mol. The van der Waals surface area contributed by atoms with E-state index in [4.69, 9.17) is 14.5 Å². The predicted molar refractivity (Wildman–Crippen MR) is 137 cm³/mol. The van der Waals surface area contributed by atoms with E-state index in [1.807, 2.05) is 13.0 Å². The van der Waals surface area contributed by atoms with Crippen LogP contribution in [0.25, 0.3) is 10.9 Å². The Kier molecular flexibility index (Phi) is 7.55. The maximum absolute atomic E-state index is 5.71. The Morgan fingerprint density at radius 2 is 1.73 bits per heavy atom. The molecule has 0 radical (unpaired) electrons. The van der Waals surface area contributed by atoms with Gasteiger partial charge in [-0.25, -0.2) is 4.98 Å². The zero-order valence-electron chi connectivity index (χ0n) is 20.2. The fourth-order valence-corrected chi connectivity index (χ4v) is 4.61. The van der Waals surface area contributed by atoms with Gasteiger partial charge in [0.15, 0.2) is 11.5 Å². The number of hydrogen-bond donors (Lipinski definition) is 2. The molecule has 4 rings (SSSR count). The summed E-state index contributed by atoms with van der Waals surface area (Å²) in [6.45, 7) is 3.46. The first-order valence-corrected chi connectivity index (χ1v) is 11.9. The van der Waals surface area contributed by atoms with E-state index in [1.54, 1.807) is 7.11 Å². The summed E-state index contributed by atoms with van der Waals surface area (Å²) in [6.07, 6.45) is 4.58. The van der Waals surface area contributed by atoms with Crippen LogP contribution in [0.1, 0.15) is 38.2 Å². The highest BCUT2D eigenvalue weighted by molar-refractivity contribution is 5.93. The lowest BCUT2D eigenvalue weighted by molar-refractivity contribution is 0.310. The molecule has 0 saturated heterocycles. The quantitative estimate of drug-likeness (QED) is 0.468. The number of anilines is 2. The Labute approximate surface area is 197 Å². The number of hydrogen-bond acceptors (Lipinski definition) is 6. The van der Waals surface area contributed by atoms with Crippen LogP contribution >= 0.6 is 0 Å². The van der Waals surface area contributed by atoms with Crippen molar-refractivity contribution < 1.29 is 9.47 Å². The molecule has 2 N–H and O–H groups in total. The Morgan fingerprint density at radius 3 is 2.45 bits per heavy atom. The number of ether oxygens (including phenoxy) is 2. The van der Waals surface area contributed by atoms with Gasteiger partial charge in [-0.1, -0.05) is 24.3 Å². The Bertz CT molecular complexity index is 1060. The first-order valence-electron chi connectivity index (χ1n) is 11.9. The molecule has 1 heterocycles. The van der Waals surface area contributed by atoms with Gasteiger partial charge < -0.3 is 25.0 Å². The van der Waals surface area contributed by atoms with Crippen molar-refractivity contribution >= 4 is 22.4 Å². The van der Waals surface area contributed by atoms with Gasteiger partial charge in [0.05, 0.1) is 19.2 Å². The molecular formula is C27H36N4O2. The van der Waals surface area contributed by atoms with Crippen LogP contribution in [0.15, 0.2) is 48.5 Å². The van der Waals surface area contributed by atoms with Crippen LogP contribution in [0.3, 0.4) is 0 Å². The molecule has 1 aromatic heterocycles. The van der Waals surface area contributed by atoms with Crippen LogP contribution in [0.5, 0.6) is 11.5 Å². The minimum atomic E-state index is 0.456. The van der Waals surface area contributed by atoms with Crippen molar-refractivity contribution in [3.05, 3.63) is 54.1 Å². The fraction of sp³-hybridized carbons (Fsp3) is 0.444. The number of pyridine rings is 1. The minimum Gasteiger partial charge on any atom is -0.493 e. The van der Waals surface area contributed by atoms with E-state index in [1.165, 1.54) is 16.6 Å². The van der Waals surface area contributed by atoms with Gasteiger partial charge in [-0.2, -0.15) is 0 Å². The van der Waals surface area contributed by atoms with E-state index < -0.39 is 0 Å². The second-order valence-corrected chi connectivity index (χ2v) is 8.93. The number of para-hydroxylation sites is 1. The Hall–Kier alpha value is -2.99. The molecule has 0 spiro atoms. The lowest BCUT2D eigenvalue weighted by atomic mass is 9.91. The van der Waals surface area contributed by atoms with Crippen LogP contribution in [0, 0.1) is 0 Å². The van der Waals surface area contributed by atoms with Gasteiger partial charge in [-0.05, 0) is 56.4 Å². The molecule has 1 saturated carbocycles. The van der Waals surface area contributed by atoms with Gasteiger partial charge in [0, 0.05) is 49.9 Å². The molecule has 6 nitrogen and oxygen atoms in total. The number of rotatable bonds is 9. The van der Waals surface area contributed by atoms with E-state index in [0.717, 1.165) is 55.1 Å². The summed E-state index contributed by atoms with van der Waals surface area (Å²) in [5, 5.41) is 8.62. The molecule has 0 aliphatic heterocycles. The van der Waals surface area contributed by atoms with Crippen molar-refractivity contribution in [2.24, 2.45) is 0 Å². The van der Waals surface area contributed by atoms with E-state index in [2.05, 4.69) is 72.1 Å². The molecule has 1 fully saturated rings. The van der Waals surface area contributed by atoms with Crippen molar-refractivity contribution in [3.8, 4) is 11.5 Å². The first kappa shape index (κ1) is 23.2. The average molecular weight is 449 g/mol. The molecule has 33 heavy (non-hydrogen) atoms. The van der Waals surface area contributed by atoms with Gasteiger partial charge in [-0.15, -0.1) is 0 Å². The summed E-state index contributed by atoms with van der Waals surface area (Å²) in [4.78, 5) is 7.03. The zero-order valence-corrected chi connectivity index (χ0v) is 20.2. The van der Waals surface area contributed by atoms with E-state index in [9.17, 15) is 0 Å². The summed E-state index contributed by atoms with van der Waals surface area (Å²) < 4.78 is 11.1. The highest BCUT2D eigenvalue weighted by Crippen LogP contribution is 2.30. The monoisotopic (exact) mass is 448 g/mol. The number of benzene rings is 2. The molecule has 6 heteroatoms. The van der Waals surface area contributed by atoms with Gasteiger partial charge in [0.25, 0.3) is 0 Å². The van der Waals surface area contributed by atoms with Crippen molar-refractivity contribution in [2.45, 2.75) is 51.2 Å². The molecule has 3 aromatic rings. The van der Waals surface area contributed by atoms with Crippen LogP contribution in [-0.2, 0) is 6.54 Å². The summed E-state index contributed by atoms with van der Waals surface area (Å²) >= 11 is 0. The van der Waals surface area contributed by atoms with Crippen molar-refractivity contribution in [2.75, 3.05) is 38.0 Å². The van der Waals surface area contributed by atoms with Crippen LogP contribution < -0.4 is 25.0 Å². The number of nitrogens with one attached hydrogen (secondary N) is 2. The highest BCUT2D eigenvalue weighted by atomic mass is 16.5. The maximum atomic E-state index is 5.71. The fourth-order valence-electron chi connectivity index (χ4n) is 4.61. The molecule has 1 aliphatic carbocycles. The lowest BCUT2D eigenvalue weighted by Gasteiger charge is -2.30. The highest BCUT2D eigenvalue weighted by Gasteiger charge is 2.21.